The van der Waals surface area contributed by atoms with Crippen molar-refractivity contribution in [2.45, 2.75) is 25.4 Å². The number of nitrogens with zero attached hydrogens (tertiary/aromatic N) is 4. The van der Waals surface area contributed by atoms with Crippen molar-refractivity contribution in [3.63, 3.8) is 0 Å². The molecule has 0 aliphatic carbocycles. The zero-order chi connectivity index (χ0) is 20.9. The molecule has 30 heavy (non-hydrogen) atoms. The maximum absolute atomic E-state index is 13.0. The number of benzene rings is 2. The Kier molecular flexibility index (Phi) is 5.69. The van der Waals surface area contributed by atoms with Gasteiger partial charge in [-0.2, -0.15) is 5.10 Å². The third-order valence-corrected chi connectivity index (χ3v) is 4.81. The van der Waals surface area contributed by atoms with Gasteiger partial charge in [0.15, 0.2) is 0 Å². The third kappa shape index (κ3) is 4.62. The van der Waals surface area contributed by atoms with E-state index in [0.29, 0.717) is 30.2 Å². The van der Waals surface area contributed by atoms with E-state index in [9.17, 15) is 14.0 Å². The highest BCUT2D eigenvalue weighted by atomic mass is 19.1. The van der Waals surface area contributed by atoms with E-state index in [1.165, 1.54) is 41.6 Å². The van der Waals surface area contributed by atoms with Crippen LogP contribution in [0.5, 0.6) is 11.5 Å². The number of hydrogen-bond donors (Lipinski definition) is 1. The second-order valence-corrected chi connectivity index (χ2v) is 6.91. The van der Waals surface area contributed by atoms with E-state index >= 15 is 0 Å². The molecule has 0 unspecified atom stereocenters. The molecule has 1 aliphatic heterocycles. The Labute approximate surface area is 172 Å². The first-order valence-corrected chi connectivity index (χ1v) is 9.55. The van der Waals surface area contributed by atoms with Gasteiger partial charge in [0.2, 0.25) is 11.8 Å². The molecule has 1 saturated heterocycles. The minimum Gasteiger partial charge on any atom is -0.457 e. The standard InChI is InChI=1S/C21H20FN5O3/c22-15-3-7-17(8-4-15)30-18-9-5-16(6-10-18)25-21(29)19-2-1-11-27(19)20(28)12-26-14-23-13-24-26/h3-10,13-14,19H,1-2,11-12H2,(H,25,29)/t19-/m0/s1. The van der Waals surface area contributed by atoms with Gasteiger partial charge in [0.1, 0.15) is 42.6 Å². The van der Waals surface area contributed by atoms with Crippen molar-refractivity contribution in [1.82, 2.24) is 19.7 Å². The lowest BCUT2D eigenvalue weighted by Crippen LogP contribution is -2.44. The summed E-state index contributed by atoms with van der Waals surface area (Å²) in [5.74, 6) is 0.347. The molecule has 2 aromatic carbocycles. The van der Waals surface area contributed by atoms with Crippen LogP contribution in [0.3, 0.4) is 0 Å². The molecule has 4 rings (SSSR count). The maximum atomic E-state index is 13.0. The Morgan fingerprint density at radius 3 is 2.47 bits per heavy atom. The summed E-state index contributed by atoms with van der Waals surface area (Å²) in [6.07, 6.45) is 4.22. The molecule has 1 aromatic heterocycles. The average Bonchev–Trinajstić information content (AvgIpc) is 3.43. The summed E-state index contributed by atoms with van der Waals surface area (Å²) in [5, 5.41) is 6.79. The molecule has 1 N–H and O–H groups in total. The summed E-state index contributed by atoms with van der Waals surface area (Å²) in [6.45, 7) is 0.593. The van der Waals surface area contributed by atoms with Crippen LogP contribution in [-0.4, -0.2) is 44.1 Å². The predicted molar refractivity (Wildman–Crippen MR) is 106 cm³/mol. The van der Waals surface area contributed by atoms with Crippen molar-refractivity contribution in [3.8, 4) is 11.5 Å². The molecule has 3 aromatic rings. The highest BCUT2D eigenvalue weighted by Crippen LogP contribution is 2.24. The highest BCUT2D eigenvalue weighted by Gasteiger charge is 2.34. The van der Waals surface area contributed by atoms with Crippen molar-refractivity contribution < 1.29 is 18.7 Å². The van der Waals surface area contributed by atoms with E-state index in [2.05, 4.69) is 15.4 Å². The predicted octanol–water partition coefficient (Wildman–Crippen LogP) is 2.84. The van der Waals surface area contributed by atoms with Crippen molar-refractivity contribution in [2.24, 2.45) is 0 Å². The molecule has 1 aliphatic rings. The van der Waals surface area contributed by atoms with E-state index < -0.39 is 6.04 Å². The summed E-state index contributed by atoms with van der Waals surface area (Å²) >= 11 is 0. The van der Waals surface area contributed by atoms with Crippen molar-refractivity contribution in [1.29, 1.82) is 0 Å². The Hall–Kier alpha value is -3.75. The fourth-order valence-electron chi connectivity index (χ4n) is 3.35. The van der Waals surface area contributed by atoms with E-state index in [-0.39, 0.29) is 24.2 Å². The van der Waals surface area contributed by atoms with Crippen molar-refractivity contribution in [3.05, 3.63) is 67.0 Å². The third-order valence-electron chi connectivity index (χ3n) is 4.81. The van der Waals surface area contributed by atoms with Crippen LogP contribution in [0.2, 0.25) is 0 Å². The van der Waals surface area contributed by atoms with Gasteiger partial charge in [0.25, 0.3) is 0 Å². The number of rotatable bonds is 6. The largest absolute Gasteiger partial charge is 0.457 e. The number of carbonyl (C=O) groups excluding carboxylic acids is 2. The quantitative estimate of drug-likeness (QED) is 0.676. The van der Waals surface area contributed by atoms with Gasteiger partial charge in [-0.25, -0.2) is 14.1 Å². The zero-order valence-electron chi connectivity index (χ0n) is 16.1. The molecule has 0 saturated carbocycles. The number of likely N-dealkylation sites (tertiary alicyclic amines) is 1. The van der Waals surface area contributed by atoms with Crippen molar-refractivity contribution in [2.75, 3.05) is 11.9 Å². The maximum Gasteiger partial charge on any atom is 0.247 e. The minimum absolute atomic E-state index is 0.0548. The van der Waals surface area contributed by atoms with Crippen LogP contribution in [-0.2, 0) is 16.1 Å². The van der Waals surface area contributed by atoms with Crippen LogP contribution in [0.25, 0.3) is 0 Å². The molecule has 0 radical (unpaired) electrons. The number of nitrogens with one attached hydrogen (secondary N) is 1. The Bertz CT molecular complexity index is 1010. The number of hydrogen-bond acceptors (Lipinski definition) is 5. The smallest absolute Gasteiger partial charge is 0.247 e. The van der Waals surface area contributed by atoms with Gasteiger partial charge >= 0.3 is 0 Å². The van der Waals surface area contributed by atoms with E-state index in [1.807, 2.05) is 0 Å². The van der Waals surface area contributed by atoms with Crippen LogP contribution in [0.15, 0.2) is 61.2 Å². The first-order chi connectivity index (χ1) is 14.6. The molecule has 9 heteroatoms. The van der Waals surface area contributed by atoms with Gasteiger partial charge in [-0.15, -0.1) is 0 Å². The average molecular weight is 409 g/mol. The first-order valence-electron chi connectivity index (χ1n) is 9.55. The molecule has 2 heterocycles. The van der Waals surface area contributed by atoms with Crippen LogP contribution in [0.1, 0.15) is 12.8 Å². The van der Waals surface area contributed by atoms with Gasteiger partial charge in [0.05, 0.1) is 0 Å². The fourth-order valence-corrected chi connectivity index (χ4v) is 3.35. The summed E-state index contributed by atoms with van der Waals surface area (Å²) in [5.41, 5.74) is 0.599. The molecular weight excluding hydrogens is 389 g/mol. The molecular formula is C21H20FN5O3. The SMILES string of the molecule is O=C(Nc1ccc(Oc2ccc(F)cc2)cc1)[C@@H]1CCCN1C(=O)Cn1cncn1. The lowest BCUT2D eigenvalue weighted by molar-refractivity contribution is -0.137. The monoisotopic (exact) mass is 409 g/mol. The van der Waals surface area contributed by atoms with Gasteiger partial charge in [-0.1, -0.05) is 0 Å². The summed E-state index contributed by atoms with van der Waals surface area (Å²) < 4.78 is 20.1. The van der Waals surface area contributed by atoms with Crippen LogP contribution in [0, 0.1) is 5.82 Å². The Balaban J connectivity index is 1.35. The molecule has 1 atom stereocenters. The van der Waals surface area contributed by atoms with Gasteiger partial charge < -0.3 is 15.0 Å². The zero-order valence-corrected chi connectivity index (χ0v) is 16.1. The second-order valence-electron chi connectivity index (χ2n) is 6.91. The van der Waals surface area contributed by atoms with Crippen molar-refractivity contribution >= 4 is 17.5 Å². The Morgan fingerprint density at radius 1 is 1.10 bits per heavy atom. The van der Waals surface area contributed by atoms with Crippen LogP contribution < -0.4 is 10.1 Å². The highest BCUT2D eigenvalue weighted by molar-refractivity contribution is 5.97. The number of anilines is 1. The normalized spacial score (nSPS) is 15.8. The number of aromatic nitrogens is 3. The molecule has 2 amide bonds. The summed E-state index contributed by atoms with van der Waals surface area (Å²) in [4.78, 5) is 30.7. The van der Waals surface area contributed by atoms with Crippen LogP contribution >= 0.6 is 0 Å². The first kappa shape index (κ1) is 19.6. The van der Waals surface area contributed by atoms with Gasteiger partial charge in [0, 0.05) is 12.2 Å². The van der Waals surface area contributed by atoms with E-state index in [0.717, 1.165) is 6.42 Å². The van der Waals surface area contributed by atoms with Gasteiger partial charge in [-0.05, 0) is 61.4 Å². The molecule has 0 spiro atoms. The number of carbonyl (C=O) groups is 2. The van der Waals surface area contributed by atoms with Crippen LogP contribution in [0.4, 0.5) is 10.1 Å². The molecule has 154 valence electrons. The molecule has 8 nitrogen and oxygen atoms in total. The topological polar surface area (TPSA) is 89.4 Å². The second kappa shape index (κ2) is 8.73. The lowest BCUT2D eigenvalue weighted by atomic mass is 10.2. The summed E-state index contributed by atoms with van der Waals surface area (Å²) in [6, 6.07) is 12.1. The lowest BCUT2D eigenvalue weighted by Gasteiger charge is -2.24. The van der Waals surface area contributed by atoms with E-state index in [4.69, 9.17) is 4.74 Å². The van der Waals surface area contributed by atoms with E-state index in [1.54, 1.807) is 29.2 Å². The molecule has 1 fully saturated rings. The molecule has 0 bridgehead atoms. The van der Waals surface area contributed by atoms with Gasteiger partial charge in [-0.3, -0.25) is 9.59 Å². The number of amides is 2. The fraction of sp³-hybridized carbons (Fsp3) is 0.238. The number of ether oxygens (including phenoxy) is 1. The summed E-state index contributed by atoms with van der Waals surface area (Å²) in [7, 11) is 0. The number of halogens is 1. The minimum atomic E-state index is -0.517. The Morgan fingerprint density at radius 2 is 1.80 bits per heavy atom.